The standard InChI is InChI=1S/C8H16N2O.ClH/c1-9(2)8-3-5-10(7-11)6-4-8;/h7-8H,3-6H2,1-2H3;1H. The molecule has 0 aromatic rings. The Balaban J connectivity index is 0.00000121. The summed E-state index contributed by atoms with van der Waals surface area (Å²) in [6.07, 6.45) is 3.18. The zero-order valence-corrected chi connectivity index (χ0v) is 8.51. The van der Waals surface area contributed by atoms with Crippen molar-refractivity contribution in [3.8, 4) is 0 Å². The van der Waals surface area contributed by atoms with Crippen molar-refractivity contribution in [2.24, 2.45) is 0 Å². The van der Waals surface area contributed by atoms with Crippen LogP contribution >= 0.6 is 12.4 Å². The normalized spacial score (nSPS) is 19.1. The molecule has 1 heterocycles. The predicted molar refractivity (Wildman–Crippen MR) is 51.6 cm³/mol. The maximum Gasteiger partial charge on any atom is 0.209 e. The summed E-state index contributed by atoms with van der Waals surface area (Å²) < 4.78 is 0. The molecule has 72 valence electrons. The van der Waals surface area contributed by atoms with Gasteiger partial charge in [0.05, 0.1) is 0 Å². The Hall–Kier alpha value is -0.280. The van der Waals surface area contributed by atoms with E-state index in [1.165, 1.54) is 0 Å². The summed E-state index contributed by atoms with van der Waals surface area (Å²) in [6.45, 7) is 1.85. The van der Waals surface area contributed by atoms with Gasteiger partial charge in [-0.05, 0) is 26.9 Å². The molecule has 1 fully saturated rings. The number of carbonyl (C=O) groups excluding carboxylic acids is 1. The molecule has 1 rings (SSSR count). The van der Waals surface area contributed by atoms with Crippen molar-refractivity contribution < 1.29 is 4.79 Å². The van der Waals surface area contributed by atoms with Crippen LogP contribution in [0.3, 0.4) is 0 Å². The molecule has 1 aliphatic heterocycles. The second-order valence-electron chi connectivity index (χ2n) is 3.34. The molecular weight excluding hydrogens is 176 g/mol. The van der Waals surface area contributed by atoms with Crippen molar-refractivity contribution in [3.63, 3.8) is 0 Å². The molecule has 1 aliphatic rings. The molecule has 0 radical (unpaired) electrons. The Morgan fingerprint density at radius 1 is 1.33 bits per heavy atom. The average Bonchev–Trinajstić information content (AvgIpc) is 2.05. The van der Waals surface area contributed by atoms with Crippen LogP contribution in [0.25, 0.3) is 0 Å². The number of likely N-dealkylation sites (tertiary alicyclic amines) is 1. The SMILES string of the molecule is CN(C)C1CCN(C=O)CC1.Cl. The first kappa shape index (κ1) is 11.7. The van der Waals surface area contributed by atoms with E-state index in [2.05, 4.69) is 19.0 Å². The van der Waals surface area contributed by atoms with Crippen LogP contribution < -0.4 is 0 Å². The zero-order chi connectivity index (χ0) is 8.27. The van der Waals surface area contributed by atoms with Gasteiger partial charge in [0.1, 0.15) is 0 Å². The van der Waals surface area contributed by atoms with E-state index in [1.807, 2.05) is 4.90 Å². The number of hydrogen-bond acceptors (Lipinski definition) is 2. The Bertz CT molecular complexity index is 133. The smallest absolute Gasteiger partial charge is 0.209 e. The molecular formula is C8H17ClN2O. The minimum absolute atomic E-state index is 0. The molecule has 0 bridgehead atoms. The highest BCUT2D eigenvalue weighted by Crippen LogP contribution is 2.12. The topological polar surface area (TPSA) is 23.6 Å². The van der Waals surface area contributed by atoms with E-state index in [1.54, 1.807) is 0 Å². The lowest BCUT2D eigenvalue weighted by atomic mass is 10.1. The lowest BCUT2D eigenvalue weighted by molar-refractivity contribution is -0.119. The van der Waals surface area contributed by atoms with E-state index in [4.69, 9.17) is 0 Å². The van der Waals surface area contributed by atoms with Gasteiger partial charge in [0, 0.05) is 19.1 Å². The third-order valence-corrected chi connectivity index (χ3v) is 2.38. The van der Waals surface area contributed by atoms with E-state index in [9.17, 15) is 4.79 Å². The number of rotatable bonds is 2. The zero-order valence-electron chi connectivity index (χ0n) is 7.69. The molecule has 0 aliphatic carbocycles. The summed E-state index contributed by atoms with van der Waals surface area (Å²) in [5.41, 5.74) is 0. The fourth-order valence-electron chi connectivity index (χ4n) is 1.51. The van der Waals surface area contributed by atoms with Gasteiger partial charge in [0.15, 0.2) is 0 Å². The lowest BCUT2D eigenvalue weighted by Crippen LogP contribution is -2.41. The van der Waals surface area contributed by atoms with E-state index < -0.39 is 0 Å². The average molecular weight is 193 g/mol. The highest BCUT2D eigenvalue weighted by atomic mass is 35.5. The Kier molecular flexibility index (Phi) is 5.25. The van der Waals surface area contributed by atoms with Gasteiger partial charge in [-0.25, -0.2) is 0 Å². The summed E-state index contributed by atoms with van der Waals surface area (Å²) >= 11 is 0. The van der Waals surface area contributed by atoms with Gasteiger partial charge in [0.2, 0.25) is 6.41 Å². The molecule has 0 saturated carbocycles. The van der Waals surface area contributed by atoms with Crippen LogP contribution in [0.2, 0.25) is 0 Å². The fourth-order valence-corrected chi connectivity index (χ4v) is 1.51. The molecule has 0 unspecified atom stereocenters. The number of nitrogens with zero attached hydrogens (tertiary/aromatic N) is 2. The first-order chi connectivity index (χ1) is 5.24. The van der Waals surface area contributed by atoms with Crippen LogP contribution in [0.5, 0.6) is 0 Å². The van der Waals surface area contributed by atoms with Crippen molar-refractivity contribution in [2.75, 3.05) is 27.2 Å². The summed E-state index contributed by atoms with van der Waals surface area (Å²) in [7, 11) is 4.20. The molecule has 3 nitrogen and oxygen atoms in total. The second kappa shape index (κ2) is 5.38. The first-order valence-corrected chi connectivity index (χ1v) is 4.10. The van der Waals surface area contributed by atoms with Crippen molar-refractivity contribution in [2.45, 2.75) is 18.9 Å². The highest BCUT2D eigenvalue weighted by Gasteiger charge is 2.18. The van der Waals surface area contributed by atoms with Crippen LogP contribution in [0.4, 0.5) is 0 Å². The van der Waals surface area contributed by atoms with E-state index in [0.717, 1.165) is 32.3 Å². The van der Waals surface area contributed by atoms with E-state index in [-0.39, 0.29) is 12.4 Å². The molecule has 0 aromatic heterocycles. The third-order valence-electron chi connectivity index (χ3n) is 2.38. The molecule has 1 amide bonds. The quantitative estimate of drug-likeness (QED) is 0.598. The van der Waals surface area contributed by atoms with Gasteiger partial charge in [0.25, 0.3) is 0 Å². The Morgan fingerprint density at radius 3 is 2.17 bits per heavy atom. The third kappa shape index (κ3) is 2.99. The van der Waals surface area contributed by atoms with Crippen molar-refractivity contribution in [3.05, 3.63) is 0 Å². The number of halogens is 1. The fraction of sp³-hybridized carbons (Fsp3) is 0.875. The lowest BCUT2D eigenvalue weighted by Gasteiger charge is -2.33. The summed E-state index contributed by atoms with van der Waals surface area (Å²) in [6, 6.07) is 0.672. The summed E-state index contributed by atoms with van der Waals surface area (Å²) in [4.78, 5) is 14.4. The van der Waals surface area contributed by atoms with Crippen LogP contribution in [0, 0.1) is 0 Å². The monoisotopic (exact) mass is 192 g/mol. The molecule has 0 N–H and O–H groups in total. The minimum atomic E-state index is 0. The van der Waals surface area contributed by atoms with Crippen molar-refractivity contribution in [1.82, 2.24) is 9.80 Å². The van der Waals surface area contributed by atoms with Gasteiger partial charge in [-0.3, -0.25) is 4.79 Å². The van der Waals surface area contributed by atoms with Crippen LogP contribution in [0.1, 0.15) is 12.8 Å². The van der Waals surface area contributed by atoms with Gasteiger partial charge in [-0.15, -0.1) is 12.4 Å². The van der Waals surface area contributed by atoms with Gasteiger partial charge in [-0.2, -0.15) is 0 Å². The molecule has 0 atom stereocenters. The van der Waals surface area contributed by atoms with Gasteiger partial charge >= 0.3 is 0 Å². The number of carbonyl (C=O) groups is 1. The van der Waals surface area contributed by atoms with Crippen molar-refractivity contribution >= 4 is 18.8 Å². The van der Waals surface area contributed by atoms with Gasteiger partial charge < -0.3 is 9.80 Å². The summed E-state index contributed by atoms with van der Waals surface area (Å²) in [5.74, 6) is 0. The number of piperidine rings is 1. The van der Waals surface area contributed by atoms with E-state index in [0.29, 0.717) is 6.04 Å². The molecule has 1 saturated heterocycles. The number of amides is 1. The van der Waals surface area contributed by atoms with Crippen LogP contribution in [-0.2, 0) is 4.79 Å². The van der Waals surface area contributed by atoms with Crippen molar-refractivity contribution in [1.29, 1.82) is 0 Å². The maximum atomic E-state index is 10.3. The Labute approximate surface area is 80.1 Å². The molecule has 0 aromatic carbocycles. The summed E-state index contributed by atoms with van der Waals surface area (Å²) in [5, 5.41) is 0. The first-order valence-electron chi connectivity index (χ1n) is 4.10. The maximum absolute atomic E-state index is 10.3. The van der Waals surface area contributed by atoms with Crippen LogP contribution in [0.15, 0.2) is 0 Å². The van der Waals surface area contributed by atoms with E-state index >= 15 is 0 Å². The van der Waals surface area contributed by atoms with Gasteiger partial charge in [-0.1, -0.05) is 0 Å². The molecule has 4 heteroatoms. The Morgan fingerprint density at radius 2 is 1.83 bits per heavy atom. The molecule has 12 heavy (non-hydrogen) atoms. The highest BCUT2D eigenvalue weighted by molar-refractivity contribution is 5.85. The minimum Gasteiger partial charge on any atom is -0.345 e. The second-order valence-corrected chi connectivity index (χ2v) is 3.34. The van der Waals surface area contributed by atoms with Crippen LogP contribution in [-0.4, -0.2) is 49.4 Å². The largest absolute Gasteiger partial charge is 0.345 e. The number of hydrogen-bond donors (Lipinski definition) is 0. The molecule has 0 spiro atoms. The predicted octanol–water partition coefficient (Wildman–Crippen LogP) is 0.591.